The van der Waals surface area contributed by atoms with Crippen LogP contribution in [-0.2, 0) is 4.79 Å². The van der Waals surface area contributed by atoms with Gasteiger partial charge in [-0.1, -0.05) is 6.92 Å². The Labute approximate surface area is 122 Å². The summed E-state index contributed by atoms with van der Waals surface area (Å²) in [6, 6.07) is 4.00. The molecule has 0 N–H and O–H groups in total. The number of amides is 1. The molecule has 2 atom stereocenters. The Morgan fingerprint density at radius 2 is 2.35 bits per heavy atom. The molecule has 6 heteroatoms. The van der Waals surface area contributed by atoms with Crippen LogP contribution in [0.25, 0.3) is 0 Å². The Morgan fingerprint density at radius 3 is 2.90 bits per heavy atom. The molecular weight excluding hydrogens is 276 g/mol. The second-order valence-electron chi connectivity index (χ2n) is 5.46. The summed E-state index contributed by atoms with van der Waals surface area (Å²) < 4.78 is 0. The van der Waals surface area contributed by atoms with Gasteiger partial charge in [0.1, 0.15) is 11.2 Å². The molecule has 2 aliphatic rings. The lowest BCUT2D eigenvalue weighted by Gasteiger charge is -2.24. The first-order valence-corrected chi connectivity index (χ1v) is 7.23. The van der Waals surface area contributed by atoms with Gasteiger partial charge in [-0.15, -0.1) is 0 Å². The lowest BCUT2D eigenvalue weighted by molar-refractivity contribution is -0.125. The first-order valence-electron chi connectivity index (χ1n) is 6.85. The molecule has 1 saturated carbocycles. The summed E-state index contributed by atoms with van der Waals surface area (Å²) >= 11 is 5.80. The highest BCUT2D eigenvalue weighted by Crippen LogP contribution is 2.55. The Morgan fingerprint density at radius 1 is 1.60 bits per heavy atom. The summed E-state index contributed by atoms with van der Waals surface area (Å²) in [4.78, 5) is 22.4. The van der Waals surface area contributed by atoms with Crippen molar-refractivity contribution in [3.8, 4) is 6.07 Å². The van der Waals surface area contributed by atoms with Crippen molar-refractivity contribution >= 4 is 23.3 Å². The van der Waals surface area contributed by atoms with Crippen molar-refractivity contribution in [2.75, 3.05) is 11.4 Å². The van der Waals surface area contributed by atoms with Gasteiger partial charge in [-0.25, -0.2) is 9.97 Å². The van der Waals surface area contributed by atoms with E-state index in [1.165, 1.54) is 6.20 Å². The molecule has 3 rings (SSSR count). The zero-order valence-corrected chi connectivity index (χ0v) is 12.0. The first kappa shape index (κ1) is 13.3. The Kier molecular flexibility index (Phi) is 3.14. The topological polar surface area (TPSA) is 69.9 Å². The summed E-state index contributed by atoms with van der Waals surface area (Å²) in [5.74, 6) is 0.629. The fourth-order valence-electron chi connectivity index (χ4n) is 3.25. The summed E-state index contributed by atoms with van der Waals surface area (Å²) in [7, 11) is 0. The van der Waals surface area contributed by atoms with Crippen molar-refractivity contribution in [2.24, 2.45) is 17.3 Å². The monoisotopic (exact) mass is 290 g/mol. The lowest BCUT2D eigenvalue weighted by atomic mass is 9.73. The molecule has 0 radical (unpaired) electrons. The molecule has 1 aliphatic heterocycles. The van der Waals surface area contributed by atoms with Crippen molar-refractivity contribution in [2.45, 2.75) is 26.2 Å². The number of carbonyl (C=O) groups excluding carboxylic acids is 1. The second-order valence-corrected chi connectivity index (χ2v) is 5.80. The van der Waals surface area contributed by atoms with Crippen LogP contribution in [0.5, 0.6) is 0 Å². The van der Waals surface area contributed by atoms with Gasteiger partial charge in [0, 0.05) is 18.7 Å². The van der Waals surface area contributed by atoms with E-state index < -0.39 is 5.41 Å². The molecule has 1 aromatic rings. The Bertz CT molecular complexity index is 595. The van der Waals surface area contributed by atoms with Gasteiger partial charge in [-0.2, -0.15) is 5.26 Å². The van der Waals surface area contributed by atoms with Crippen LogP contribution in [0.2, 0.25) is 5.28 Å². The largest absolute Gasteiger partial charge is 0.295 e. The summed E-state index contributed by atoms with van der Waals surface area (Å²) in [5.41, 5.74) is -0.869. The van der Waals surface area contributed by atoms with Crippen molar-refractivity contribution in [1.82, 2.24) is 9.97 Å². The van der Waals surface area contributed by atoms with Crippen LogP contribution in [0.3, 0.4) is 0 Å². The van der Waals surface area contributed by atoms with E-state index >= 15 is 0 Å². The van der Waals surface area contributed by atoms with Crippen LogP contribution >= 0.6 is 11.6 Å². The zero-order valence-electron chi connectivity index (χ0n) is 11.2. The SMILES string of the molecule is CC[C@H]1CN(c2ccnc(Cl)n2)C(=O)[C@@]1(C#N)C1CC1. The molecule has 1 amide bonds. The van der Waals surface area contributed by atoms with Crippen LogP contribution < -0.4 is 4.90 Å². The minimum Gasteiger partial charge on any atom is -0.295 e. The molecule has 2 fully saturated rings. The number of hydrogen-bond donors (Lipinski definition) is 0. The number of aromatic nitrogens is 2. The van der Waals surface area contributed by atoms with Gasteiger partial charge >= 0.3 is 0 Å². The average Bonchev–Trinajstić information content (AvgIpc) is 3.24. The van der Waals surface area contributed by atoms with Gasteiger partial charge in [-0.05, 0) is 42.8 Å². The molecule has 0 spiro atoms. The minimum absolute atomic E-state index is 0.0567. The quantitative estimate of drug-likeness (QED) is 0.802. The fraction of sp³-hybridized carbons (Fsp3) is 0.571. The molecule has 0 aromatic carbocycles. The number of hydrogen-bond acceptors (Lipinski definition) is 4. The maximum atomic E-state index is 12.8. The predicted octanol–water partition coefficient (Wildman–Crippen LogP) is 2.42. The van der Waals surface area contributed by atoms with E-state index in [1.807, 2.05) is 6.92 Å². The molecule has 5 nitrogen and oxygen atoms in total. The van der Waals surface area contributed by atoms with E-state index in [1.54, 1.807) is 11.0 Å². The smallest absolute Gasteiger partial charge is 0.249 e. The number of anilines is 1. The highest BCUT2D eigenvalue weighted by atomic mass is 35.5. The van der Waals surface area contributed by atoms with Crippen LogP contribution in [0.1, 0.15) is 26.2 Å². The highest BCUT2D eigenvalue weighted by molar-refractivity contribution is 6.28. The lowest BCUT2D eigenvalue weighted by Crippen LogP contribution is -2.37. The number of nitrogens with zero attached hydrogens (tertiary/aromatic N) is 4. The minimum atomic E-state index is -0.869. The van der Waals surface area contributed by atoms with Crippen LogP contribution in [0.4, 0.5) is 5.82 Å². The number of nitriles is 1. The van der Waals surface area contributed by atoms with Gasteiger partial charge in [0.25, 0.3) is 0 Å². The average molecular weight is 291 g/mol. The molecule has 0 bridgehead atoms. The van der Waals surface area contributed by atoms with E-state index in [0.717, 1.165) is 19.3 Å². The summed E-state index contributed by atoms with van der Waals surface area (Å²) in [6.07, 6.45) is 4.27. The van der Waals surface area contributed by atoms with Gasteiger partial charge < -0.3 is 0 Å². The van der Waals surface area contributed by atoms with Crippen LogP contribution in [0.15, 0.2) is 12.3 Å². The van der Waals surface area contributed by atoms with Gasteiger partial charge in [-0.3, -0.25) is 9.69 Å². The van der Waals surface area contributed by atoms with Crippen molar-refractivity contribution in [3.63, 3.8) is 0 Å². The number of carbonyl (C=O) groups is 1. The Hall–Kier alpha value is -1.67. The molecule has 1 aromatic heterocycles. The predicted molar refractivity (Wildman–Crippen MR) is 73.9 cm³/mol. The second kappa shape index (κ2) is 4.71. The van der Waals surface area contributed by atoms with Crippen LogP contribution in [-0.4, -0.2) is 22.4 Å². The number of rotatable bonds is 3. The third-order valence-corrected chi connectivity index (χ3v) is 4.62. The zero-order chi connectivity index (χ0) is 14.3. The molecule has 0 unspecified atom stereocenters. The van der Waals surface area contributed by atoms with Crippen molar-refractivity contribution in [3.05, 3.63) is 17.5 Å². The van der Waals surface area contributed by atoms with Crippen molar-refractivity contribution in [1.29, 1.82) is 5.26 Å². The number of halogens is 1. The molecule has 2 heterocycles. The van der Waals surface area contributed by atoms with Gasteiger partial charge in [0.15, 0.2) is 0 Å². The van der Waals surface area contributed by atoms with Crippen molar-refractivity contribution < 1.29 is 4.79 Å². The third-order valence-electron chi connectivity index (χ3n) is 4.43. The van der Waals surface area contributed by atoms with Gasteiger partial charge in [0.05, 0.1) is 6.07 Å². The summed E-state index contributed by atoms with van der Waals surface area (Å²) in [5, 5.41) is 9.78. The van der Waals surface area contributed by atoms with Gasteiger partial charge in [0.2, 0.25) is 11.2 Å². The molecular formula is C14H15ClN4O. The van der Waals surface area contributed by atoms with E-state index in [4.69, 9.17) is 11.6 Å². The van der Waals surface area contributed by atoms with E-state index in [2.05, 4.69) is 16.0 Å². The van der Waals surface area contributed by atoms with E-state index in [9.17, 15) is 10.1 Å². The fourth-order valence-corrected chi connectivity index (χ4v) is 3.39. The first-order chi connectivity index (χ1) is 9.63. The maximum absolute atomic E-state index is 12.8. The molecule has 1 aliphatic carbocycles. The van der Waals surface area contributed by atoms with E-state index in [0.29, 0.717) is 12.4 Å². The van der Waals surface area contributed by atoms with Crippen LogP contribution in [0, 0.1) is 28.6 Å². The molecule has 104 valence electrons. The summed E-state index contributed by atoms with van der Waals surface area (Å²) in [6.45, 7) is 2.57. The molecule has 1 saturated heterocycles. The normalized spacial score (nSPS) is 29.6. The molecule has 20 heavy (non-hydrogen) atoms. The standard InChI is InChI=1S/C14H15ClN4O/c1-2-9-7-19(11-5-6-17-13(15)18-11)12(20)14(9,8-16)10-3-4-10/h5-6,9-10H,2-4,7H2,1H3/t9-,14+/m0/s1. The maximum Gasteiger partial charge on any atom is 0.249 e. The Balaban J connectivity index is 2.00. The highest BCUT2D eigenvalue weighted by Gasteiger charge is 2.61. The van der Waals surface area contributed by atoms with E-state index in [-0.39, 0.29) is 23.0 Å². The third kappa shape index (κ3) is 1.79.